The quantitative estimate of drug-likeness (QED) is 0.832. The highest BCUT2D eigenvalue weighted by Gasteiger charge is 2.24. The van der Waals surface area contributed by atoms with Crippen molar-refractivity contribution >= 4 is 5.82 Å². The number of aryl methyl sites for hydroxylation is 1. The molecule has 0 aliphatic carbocycles. The van der Waals surface area contributed by atoms with Crippen LogP contribution in [-0.4, -0.2) is 25.1 Å². The van der Waals surface area contributed by atoms with Crippen molar-refractivity contribution in [1.29, 1.82) is 0 Å². The van der Waals surface area contributed by atoms with Crippen molar-refractivity contribution in [3.63, 3.8) is 0 Å². The summed E-state index contributed by atoms with van der Waals surface area (Å²) in [6.07, 6.45) is 0. The molecule has 0 atom stereocenters. The molecule has 0 aliphatic rings. The van der Waals surface area contributed by atoms with E-state index < -0.39 is 0 Å². The van der Waals surface area contributed by atoms with Gasteiger partial charge >= 0.3 is 0 Å². The number of nitrogens with zero attached hydrogens (tertiary/aromatic N) is 5. The van der Waals surface area contributed by atoms with Crippen molar-refractivity contribution in [1.82, 2.24) is 25.1 Å². The fourth-order valence-electron chi connectivity index (χ4n) is 1.75. The summed E-state index contributed by atoms with van der Waals surface area (Å²) in [5, 5.41) is 11.7. The lowest BCUT2D eigenvalue weighted by Gasteiger charge is -2.19. The molecule has 0 fully saturated rings. The molecule has 0 radical (unpaired) electrons. The van der Waals surface area contributed by atoms with Crippen molar-refractivity contribution in [2.24, 2.45) is 0 Å². The summed E-state index contributed by atoms with van der Waals surface area (Å²) < 4.78 is 6.62. The zero-order valence-corrected chi connectivity index (χ0v) is 10.4. The molecule has 0 unspecified atom stereocenters. The molecule has 2 aromatic rings. The van der Waals surface area contributed by atoms with Crippen LogP contribution in [0.15, 0.2) is 4.52 Å². The summed E-state index contributed by atoms with van der Waals surface area (Å²) in [6.45, 7) is 8.32. The predicted molar refractivity (Wildman–Crippen MR) is 61.3 cm³/mol. The van der Waals surface area contributed by atoms with E-state index in [9.17, 15) is 0 Å². The van der Waals surface area contributed by atoms with Crippen LogP contribution in [0.5, 0.6) is 0 Å². The van der Waals surface area contributed by atoms with Crippen molar-refractivity contribution in [3.8, 4) is 0 Å². The molecule has 0 saturated heterocycles. The lowest BCUT2D eigenvalue weighted by Crippen LogP contribution is -2.20. The minimum Gasteiger partial charge on any atom is -0.381 e. The number of rotatable bonds is 2. The zero-order valence-electron chi connectivity index (χ0n) is 10.4. The van der Waals surface area contributed by atoms with Gasteiger partial charge in [-0.25, -0.2) is 4.68 Å². The summed E-state index contributed by atoms with van der Waals surface area (Å²) in [4.78, 5) is 4.13. The molecule has 7 nitrogen and oxygen atoms in total. The maximum Gasteiger partial charge on any atom is 0.223 e. The van der Waals surface area contributed by atoms with Gasteiger partial charge in [0.2, 0.25) is 5.89 Å². The van der Waals surface area contributed by atoms with E-state index >= 15 is 0 Å². The van der Waals surface area contributed by atoms with Crippen LogP contribution in [0.3, 0.4) is 0 Å². The maximum absolute atomic E-state index is 5.83. The van der Waals surface area contributed by atoms with Crippen molar-refractivity contribution in [2.75, 3.05) is 5.73 Å². The van der Waals surface area contributed by atoms with Crippen molar-refractivity contribution in [3.05, 3.63) is 17.4 Å². The van der Waals surface area contributed by atoms with Gasteiger partial charge in [0, 0.05) is 12.3 Å². The summed E-state index contributed by atoms with van der Waals surface area (Å²) in [5.74, 6) is 1.54. The SMILES string of the molecule is Cc1nc(Cn2nnc(N)c2C(C)(C)C)no1. The number of hydrogen-bond donors (Lipinski definition) is 1. The van der Waals surface area contributed by atoms with Crippen LogP contribution in [0, 0.1) is 6.92 Å². The molecule has 0 aromatic carbocycles. The van der Waals surface area contributed by atoms with Crippen LogP contribution >= 0.6 is 0 Å². The lowest BCUT2D eigenvalue weighted by molar-refractivity contribution is 0.383. The maximum atomic E-state index is 5.83. The molecule has 2 rings (SSSR count). The molecular formula is C10H16N6O. The van der Waals surface area contributed by atoms with Gasteiger partial charge in [0.15, 0.2) is 11.6 Å². The van der Waals surface area contributed by atoms with E-state index in [1.165, 1.54) is 0 Å². The topological polar surface area (TPSA) is 95.7 Å². The average molecular weight is 236 g/mol. The number of nitrogen functional groups attached to an aromatic ring is 1. The summed E-state index contributed by atoms with van der Waals surface area (Å²) in [7, 11) is 0. The first-order chi connectivity index (χ1) is 7.88. The van der Waals surface area contributed by atoms with Crippen LogP contribution in [0.1, 0.15) is 38.2 Å². The molecule has 0 bridgehead atoms. The van der Waals surface area contributed by atoms with E-state index in [2.05, 4.69) is 41.2 Å². The number of hydrogen-bond acceptors (Lipinski definition) is 6. The number of nitrogens with two attached hydrogens (primary N) is 1. The number of anilines is 1. The Morgan fingerprint density at radius 1 is 1.35 bits per heavy atom. The van der Waals surface area contributed by atoms with E-state index in [0.717, 1.165) is 5.69 Å². The Morgan fingerprint density at radius 3 is 2.59 bits per heavy atom. The summed E-state index contributed by atoms with van der Waals surface area (Å²) in [6, 6.07) is 0. The van der Waals surface area contributed by atoms with Crippen LogP contribution in [0.25, 0.3) is 0 Å². The molecule has 7 heteroatoms. The highest BCUT2D eigenvalue weighted by molar-refractivity contribution is 5.38. The normalized spacial score (nSPS) is 12.0. The van der Waals surface area contributed by atoms with Gasteiger partial charge in [-0.3, -0.25) is 0 Å². The second-order valence-electron chi connectivity index (χ2n) is 4.96. The second kappa shape index (κ2) is 3.83. The Balaban J connectivity index is 2.34. The molecule has 2 aromatic heterocycles. The monoisotopic (exact) mass is 236 g/mol. The molecule has 17 heavy (non-hydrogen) atoms. The third kappa shape index (κ3) is 2.27. The molecule has 0 aliphatic heterocycles. The largest absolute Gasteiger partial charge is 0.381 e. The van der Waals surface area contributed by atoms with E-state index in [-0.39, 0.29) is 5.41 Å². The van der Waals surface area contributed by atoms with Crippen LogP contribution in [0.4, 0.5) is 5.82 Å². The smallest absolute Gasteiger partial charge is 0.223 e. The minimum absolute atomic E-state index is 0.133. The Labute approximate surface area is 99.0 Å². The van der Waals surface area contributed by atoms with Gasteiger partial charge in [-0.2, -0.15) is 4.98 Å². The van der Waals surface area contributed by atoms with Gasteiger partial charge in [0.1, 0.15) is 6.54 Å². The molecular weight excluding hydrogens is 220 g/mol. The summed E-state index contributed by atoms with van der Waals surface area (Å²) >= 11 is 0. The zero-order chi connectivity index (χ0) is 12.6. The number of aromatic nitrogens is 5. The van der Waals surface area contributed by atoms with Gasteiger partial charge in [-0.15, -0.1) is 5.10 Å². The fraction of sp³-hybridized carbons (Fsp3) is 0.600. The van der Waals surface area contributed by atoms with E-state index in [4.69, 9.17) is 10.3 Å². The first-order valence-corrected chi connectivity index (χ1v) is 5.36. The predicted octanol–water partition coefficient (Wildman–Crippen LogP) is 0.898. The van der Waals surface area contributed by atoms with Gasteiger partial charge in [0.05, 0.1) is 5.69 Å². The van der Waals surface area contributed by atoms with Gasteiger partial charge in [-0.05, 0) is 0 Å². The Hall–Kier alpha value is -1.92. The van der Waals surface area contributed by atoms with Gasteiger partial charge in [0.25, 0.3) is 0 Å². The molecule has 0 saturated carbocycles. The minimum atomic E-state index is -0.133. The third-order valence-electron chi connectivity index (χ3n) is 2.33. The van der Waals surface area contributed by atoms with Crippen molar-refractivity contribution in [2.45, 2.75) is 39.7 Å². The standard InChI is InChI=1S/C10H16N6O/c1-6-12-7(14-17-6)5-16-8(10(2,3)4)9(11)13-15-16/h5,11H2,1-4H3. The first-order valence-electron chi connectivity index (χ1n) is 5.36. The molecule has 0 amide bonds. The Kier molecular flexibility index (Phi) is 2.60. The molecule has 2 heterocycles. The molecule has 0 spiro atoms. The highest BCUT2D eigenvalue weighted by Crippen LogP contribution is 2.26. The lowest BCUT2D eigenvalue weighted by atomic mass is 9.92. The van der Waals surface area contributed by atoms with E-state index in [0.29, 0.717) is 24.1 Å². The fourth-order valence-corrected chi connectivity index (χ4v) is 1.75. The molecule has 92 valence electrons. The first kappa shape index (κ1) is 11.6. The van der Waals surface area contributed by atoms with Crippen LogP contribution in [0.2, 0.25) is 0 Å². The van der Waals surface area contributed by atoms with Crippen LogP contribution in [-0.2, 0) is 12.0 Å². The van der Waals surface area contributed by atoms with Gasteiger partial charge < -0.3 is 10.3 Å². The Morgan fingerprint density at radius 2 is 2.06 bits per heavy atom. The highest BCUT2D eigenvalue weighted by atomic mass is 16.5. The van der Waals surface area contributed by atoms with E-state index in [1.807, 2.05) is 0 Å². The Bertz CT molecular complexity index is 521. The summed E-state index contributed by atoms with van der Waals surface area (Å²) in [5.41, 5.74) is 6.57. The molecule has 2 N–H and O–H groups in total. The van der Waals surface area contributed by atoms with Crippen molar-refractivity contribution < 1.29 is 4.52 Å². The second-order valence-corrected chi connectivity index (χ2v) is 4.96. The van der Waals surface area contributed by atoms with E-state index in [1.54, 1.807) is 11.6 Å². The van der Waals surface area contributed by atoms with Gasteiger partial charge in [-0.1, -0.05) is 31.1 Å². The average Bonchev–Trinajstić information content (AvgIpc) is 2.73. The third-order valence-corrected chi connectivity index (χ3v) is 2.33. The van der Waals surface area contributed by atoms with Crippen LogP contribution < -0.4 is 5.73 Å².